The minimum atomic E-state index is -2.12. The number of nitrogens with two attached hydrogens (primary N) is 1. The number of primary amides is 1. The molecule has 1 aromatic carbocycles. The molecule has 8 heteroatoms. The summed E-state index contributed by atoms with van der Waals surface area (Å²) in [6, 6.07) is 4.46. The molecule has 1 aliphatic heterocycles. The zero-order valence-corrected chi connectivity index (χ0v) is 11.6. The fourth-order valence-corrected chi connectivity index (χ4v) is 2.31. The van der Waals surface area contributed by atoms with Gasteiger partial charge < -0.3 is 15.5 Å². The van der Waals surface area contributed by atoms with Crippen LogP contribution < -0.4 is 5.73 Å². The Balaban J connectivity index is 2.13. The Morgan fingerprint density at radius 2 is 1.82 bits per heavy atom. The summed E-state index contributed by atoms with van der Waals surface area (Å²) >= 11 is 0. The lowest BCUT2D eigenvalue weighted by atomic mass is 10.0. The second-order valence-electron chi connectivity index (χ2n) is 4.83. The average Bonchev–Trinajstić information content (AvgIpc) is 2.53. The molecule has 0 bridgehead atoms. The zero-order valence-electron chi connectivity index (χ0n) is 11.6. The lowest BCUT2D eigenvalue weighted by molar-refractivity contribution is -0.138. The molecule has 1 heterocycles. The van der Waals surface area contributed by atoms with Gasteiger partial charge in [0.2, 0.25) is 6.17 Å². The standard InChI is InChI=1S/C14H14F2N4O2/c15-11-3-1-2-9(10(11)8-17)12(16)13(21)19-4-6-20(7-5-19)14(18)22/h1-3,12H,4-7H2,(H2,18,22). The summed E-state index contributed by atoms with van der Waals surface area (Å²) in [6.45, 7) is 0.697. The first-order valence-corrected chi connectivity index (χ1v) is 6.61. The van der Waals surface area contributed by atoms with E-state index in [1.165, 1.54) is 21.9 Å². The van der Waals surface area contributed by atoms with E-state index in [2.05, 4.69) is 0 Å². The number of amides is 3. The number of rotatable bonds is 2. The first-order chi connectivity index (χ1) is 10.5. The summed E-state index contributed by atoms with van der Waals surface area (Å²) in [7, 11) is 0. The molecule has 1 aliphatic rings. The molecule has 0 saturated carbocycles. The number of hydrogen-bond acceptors (Lipinski definition) is 3. The Morgan fingerprint density at radius 1 is 1.23 bits per heavy atom. The van der Waals surface area contributed by atoms with Gasteiger partial charge >= 0.3 is 6.03 Å². The molecular formula is C14H14F2N4O2. The number of nitriles is 1. The fourth-order valence-electron chi connectivity index (χ4n) is 2.31. The summed E-state index contributed by atoms with van der Waals surface area (Å²) in [6.07, 6.45) is -2.12. The summed E-state index contributed by atoms with van der Waals surface area (Å²) in [5.41, 5.74) is 4.37. The van der Waals surface area contributed by atoms with Crippen LogP contribution in [0.2, 0.25) is 0 Å². The van der Waals surface area contributed by atoms with E-state index in [0.717, 1.165) is 6.07 Å². The molecule has 0 aromatic heterocycles. The van der Waals surface area contributed by atoms with Crippen LogP contribution in [-0.4, -0.2) is 47.9 Å². The van der Waals surface area contributed by atoms with Crippen molar-refractivity contribution in [1.82, 2.24) is 9.80 Å². The fraction of sp³-hybridized carbons (Fsp3) is 0.357. The van der Waals surface area contributed by atoms with Gasteiger partial charge in [0.1, 0.15) is 11.9 Å². The molecule has 3 amide bonds. The third kappa shape index (κ3) is 2.98. The topological polar surface area (TPSA) is 90.4 Å². The first-order valence-electron chi connectivity index (χ1n) is 6.61. The van der Waals surface area contributed by atoms with Crippen molar-refractivity contribution < 1.29 is 18.4 Å². The molecule has 1 aromatic rings. The van der Waals surface area contributed by atoms with Gasteiger partial charge in [-0.05, 0) is 6.07 Å². The lowest BCUT2D eigenvalue weighted by Gasteiger charge is -2.34. The summed E-state index contributed by atoms with van der Waals surface area (Å²) in [5, 5.41) is 8.90. The number of nitrogens with zero attached hydrogens (tertiary/aromatic N) is 3. The Hall–Kier alpha value is -2.69. The number of halogens is 2. The quantitative estimate of drug-likeness (QED) is 0.881. The summed E-state index contributed by atoms with van der Waals surface area (Å²) in [4.78, 5) is 25.7. The van der Waals surface area contributed by atoms with Crippen LogP contribution in [0.4, 0.5) is 13.6 Å². The molecule has 22 heavy (non-hydrogen) atoms. The highest BCUT2D eigenvalue weighted by atomic mass is 19.1. The van der Waals surface area contributed by atoms with E-state index in [1.54, 1.807) is 6.07 Å². The van der Waals surface area contributed by atoms with Gasteiger partial charge in [-0.3, -0.25) is 4.79 Å². The SMILES string of the molecule is N#Cc1c(F)cccc1C(F)C(=O)N1CCN(C(N)=O)CC1. The van der Waals surface area contributed by atoms with E-state index in [-0.39, 0.29) is 31.7 Å². The number of urea groups is 1. The monoisotopic (exact) mass is 308 g/mol. The molecule has 0 aliphatic carbocycles. The smallest absolute Gasteiger partial charge is 0.314 e. The number of piperazine rings is 1. The highest BCUT2D eigenvalue weighted by molar-refractivity contribution is 5.83. The average molecular weight is 308 g/mol. The van der Waals surface area contributed by atoms with Crippen LogP contribution in [0.15, 0.2) is 18.2 Å². The number of carbonyl (C=O) groups is 2. The van der Waals surface area contributed by atoms with Crippen LogP contribution in [-0.2, 0) is 4.79 Å². The minimum Gasteiger partial charge on any atom is -0.351 e. The van der Waals surface area contributed by atoms with Crippen LogP contribution in [0.3, 0.4) is 0 Å². The van der Waals surface area contributed by atoms with Gasteiger partial charge in [-0.25, -0.2) is 13.6 Å². The Morgan fingerprint density at radius 3 is 2.36 bits per heavy atom. The Bertz CT molecular complexity index is 636. The molecular weight excluding hydrogens is 294 g/mol. The third-order valence-corrected chi connectivity index (χ3v) is 3.55. The molecule has 2 N–H and O–H groups in total. The van der Waals surface area contributed by atoms with Crippen LogP contribution in [0.5, 0.6) is 0 Å². The lowest BCUT2D eigenvalue weighted by Crippen LogP contribution is -2.52. The summed E-state index contributed by atoms with van der Waals surface area (Å²) < 4.78 is 27.9. The van der Waals surface area contributed by atoms with E-state index < -0.39 is 29.5 Å². The maximum absolute atomic E-state index is 14.4. The van der Waals surface area contributed by atoms with Gasteiger partial charge in [0.05, 0.1) is 5.56 Å². The number of hydrogen-bond donors (Lipinski definition) is 1. The van der Waals surface area contributed by atoms with Crippen molar-refractivity contribution >= 4 is 11.9 Å². The van der Waals surface area contributed by atoms with Crippen molar-refractivity contribution in [2.75, 3.05) is 26.2 Å². The van der Waals surface area contributed by atoms with Gasteiger partial charge in [0, 0.05) is 31.7 Å². The molecule has 2 rings (SSSR count). The van der Waals surface area contributed by atoms with Gasteiger partial charge in [0.15, 0.2) is 0 Å². The van der Waals surface area contributed by atoms with E-state index in [9.17, 15) is 18.4 Å². The largest absolute Gasteiger partial charge is 0.351 e. The second kappa shape index (κ2) is 6.39. The Kier molecular flexibility index (Phi) is 4.56. The third-order valence-electron chi connectivity index (χ3n) is 3.55. The van der Waals surface area contributed by atoms with Crippen LogP contribution in [0.1, 0.15) is 17.3 Å². The van der Waals surface area contributed by atoms with Crippen molar-refractivity contribution in [3.05, 3.63) is 35.1 Å². The molecule has 116 valence electrons. The molecule has 1 atom stereocenters. The number of benzene rings is 1. The molecule has 6 nitrogen and oxygen atoms in total. The molecule has 1 unspecified atom stereocenters. The van der Waals surface area contributed by atoms with Crippen molar-refractivity contribution in [1.29, 1.82) is 5.26 Å². The van der Waals surface area contributed by atoms with Gasteiger partial charge in [-0.2, -0.15) is 5.26 Å². The van der Waals surface area contributed by atoms with Crippen LogP contribution >= 0.6 is 0 Å². The molecule has 0 radical (unpaired) electrons. The van der Waals surface area contributed by atoms with Crippen molar-refractivity contribution in [2.24, 2.45) is 5.73 Å². The second-order valence-corrected chi connectivity index (χ2v) is 4.83. The first kappa shape index (κ1) is 15.7. The highest BCUT2D eigenvalue weighted by Crippen LogP contribution is 2.25. The summed E-state index contributed by atoms with van der Waals surface area (Å²) in [5.74, 6) is -1.72. The number of carbonyl (C=O) groups excluding carboxylic acids is 2. The maximum atomic E-state index is 14.4. The van der Waals surface area contributed by atoms with Gasteiger partial charge in [0.25, 0.3) is 5.91 Å². The van der Waals surface area contributed by atoms with E-state index in [4.69, 9.17) is 11.0 Å². The van der Waals surface area contributed by atoms with Crippen molar-refractivity contribution in [3.8, 4) is 6.07 Å². The van der Waals surface area contributed by atoms with Crippen molar-refractivity contribution in [2.45, 2.75) is 6.17 Å². The maximum Gasteiger partial charge on any atom is 0.314 e. The van der Waals surface area contributed by atoms with Crippen LogP contribution in [0, 0.1) is 17.1 Å². The van der Waals surface area contributed by atoms with E-state index in [1.807, 2.05) is 0 Å². The molecule has 1 fully saturated rings. The predicted octanol–water partition coefficient (Wildman–Crippen LogP) is 0.931. The van der Waals surface area contributed by atoms with Crippen LogP contribution in [0.25, 0.3) is 0 Å². The Labute approximate surface area is 125 Å². The van der Waals surface area contributed by atoms with E-state index in [0.29, 0.717) is 0 Å². The van der Waals surface area contributed by atoms with Gasteiger partial charge in [-0.1, -0.05) is 12.1 Å². The highest BCUT2D eigenvalue weighted by Gasteiger charge is 2.31. The molecule has 1 saturated heterocycles. The van der Waals surface area contributed by atoms with Gasteiger partial charge in [-0.15, -0.1) is 0 Å². The molecule has 0 spiro atoms. The normalized spacial score (nSPS) is 16.0. The zero-order chi connectivity index (χ0) is 16.3. The number of alkyl halides is 1. The minimum absolute atomic E-state index is 0.138. The predicted molar refractivity (Wildman–Crippen MR) is 72.7 cm³/mol. The van der Waals surface area contributed by atoms with Crippen molar-refractivity contribution in [3.63, 3.8) is 0 Å². The van der Waals surface area contributed by atoms with E-state index >= 15 is 0 Å².